The lowest BCUT2D eigenvalue weighted by molar-refractivity contribution is -0.138. The first-order valence-electron chi connectivity index (χ1n) is 14.9. The van der Waals surface area contributed by atoms with Gasteiger partial charge in [0.25, 0.3) is 0 Å². The molecule has 7 rings (SSSR count). The van der Waals surface area contributed by atoms with E-state index in [0.29, 0.717) is 23.8 Å². The number of aromatic nitrogens is 2. The van der Waals surface area contributed by atoms with Gasteiger partial charge in [0.1, 0.15) is 0 Å². The van der Waals surface area contributed by atoms with Gasteiger partial charge < -0.3 is 14.7 Å². The lowest BCUT2D eigenvalue weighted by Crippen LogP contribution is -2.51. The molecule has 2 saturated heterocycles. The van der Waals surface area contributed by atoms with Gasteiger partial charge in [-0.2, -0.15) is 5.10 Å². The minimum absolute atomic E-state index is 0.0313. The first kappa shape index (κ1) is 24.2. The molecule has 1 aromatic carbocycles. The second-order valence-electron chi connectivity index (χ2n) is 12.5. The summed E-state index contributed by atoms with van der Waals surface area (Å²) in [6, 6.07) is 14.3. The summed E-state index contributed by atoms with van der Waals surface area (Å²) >= 11 is 0. The number of carbonyl (C=O) groups excluding carboxylic acids is 1. The second kappa shape index (κ2) is 9.41. The Morgan fingerprint density at radius 1 is 0.895 bits per heavy atom. The first-order valence-corrected chi connectivity index (χ1v) is 14.9. The fourth-order valence-electron chi connectivity index (χ4n) is 7.15. The molecule has 38 heavy (non-hydrogen) atoms. The minimum Gasteiger partial charge on any atom is -0.366 e. The van der Waals surface area contributed by atoms with Gasteiger partial charge in [-0.3, -0.25) is 4.79 Å². The number of hydrogen-bond donors (Lipinski definition) is 0. The van der Waals surface area contributed by atoms with Gasteiger partial charge >= 0.3 is 0 Å². The Morgan fingerprint density at radius 2 is 1.61 bits per heavy atom. The van der Waals surface area contributed by atoms with Crippen molar-refractivity contribution in [1.82, 2.24) is 19.4 Å². The van der Waals surface area contributed by atoms with Crippen LogP contribution in [0, 0.1) is 11.3 Å². The topological polar surface area (TPSA) is 44.1 Å². The van der Waals surface area contributed by atoms with Gasteiger partial charge in [-0.15, -0.1) is 0 Å². The van der Waals surface area contributed by atoms with Crippen molar-refractivity contribution in [2.24, 2.45) is 11.3 Å². The molecule has 4 aliphatic rings. The molecule has 0 N–H and O–H groups in total. The normalized spacial score (nSPS) is 22.4. The van der Waals surface area contributed by atoms with Crippen molar-refractivity contribution in [1.29, 1.82) is 0 Å². The van der Waals surface area contributed by atoms with E-state index in [4.69, 9.17) is 0 Å². The van der Waals surface area contributed by atoms with Crippen molar-refractivity contribution >= 4 is 17.1 Å². The zero-order chi connectivity index (χ0) is 25.9. The van der Waals surface area contributed by atoms with Crippen molar-refractivity contribution in [3.63, 3.8) is 0 Å². The van der Waals surface area contributed by atoms with E-state index in [1.807, 2.05) is 10.7 Å². The standard InChI is InChI=1S/C32H41N5O/c1-23(2)34-15-10-26(11-16-34)24-3-5-25(6-4-24)27-21-30-29(9-14-33-37(30)22-27)35-17-19-36(20-18-35)31(38)32(12-13-32)28-7-8-28/h3-6,9,14,21-23,26,28H,7-8,10-13,15-20H2,1-2H3. The van der Waals surface area contributed by atoms with Crippen molar-refractivity contribution in [3.8, 4) is 11.1 Å². The van der Waals surface area contributed by atoms with Crippen LogP contribution in [-0.2, 0) is 4.79 Å². The molecule has 0 atom stereocenters. The van der Waals surface area contributed by atoms with Crippen molar-refractivity contribution < 1.29 is 4.79 Å². The second-order valence-corrected chi connectivity index (χ2v) is 12.5. The predicted molar refractivity (Wildman–Crippen MR) is 152 cm³/mol. The number of piperidine rings is 1. The van der Waals surface area contributed by atoms with Crippen molar-refractivity contribution in [3.05, 3.63) is 54.4 Å². The number of fused-ring (bicyclic) bond motifs is 1. The summed E-state index contributed by atoms with van der Waals surface area (Å²) in [5.41, 5.74) is 6.32. The van der Waals surface area contributed by atoms with Gasteiger partial charge in [-0.1, -0.05) is 24.3 Å². The molecule has 2 aliphatic carbocycles. The molecule has 200 valence electrons. The Kier molecular flexibility index (Phi) is 5.99. The number of carbonyl (C=O) groups is 1. The van der Waals surface area contributed by atoms with Crippen LogP contribution >= 0.6 is 0 Å². The number of piperazine rings is 1. The molecular weight excluding hydrogens is 470 g/mol. The van der Waals surface area contributed by atoms with Gasteiger partial charge in [-0.05, 0) is 101 Å². The van der Waals surface area contributed by atoms with E-state index in [0.717, 1.165) is 44.5 Å². The molecule has 0 radical (unpaired) electrons. The zero-order valence-corrected chi connectivity index (χ0v) is 23.0. The number of amides is 1. The monoisotopic (exact) mass is 511 g/mol. The summed E-state index contributed by atoms with van der Waals surface area (Å²) in [4.78, 5) is 20.4. The summed E-state index contributed by atoms with van der Waals surface area (Å²) < 4.78 is 2.02. The maximum Gasteiger partial charge on any atom is 0.229 e. The SMILES string of the molecule is CC(C)N1CCC(c2ccc(-c3cc4c(N5CCN(C(=O)C6(C7CC7)CC6)CC5)ccnn4c3)cc2)CC1. The fourth-order valence-corrected chi connectivity index (χ4v) is 7.15. The maximum absolute atomic E-state index is 13.2. The number of rotatable bonds is 6. The van der Waals surface area contributed by atoms with Gasteiger partial charge in [0.05, 0.1) is 16.6 Å². The first-order chi connectivity index (χ1) is 18.5. The maximum atomic E-state index is 13.2. The highest BCUT2D eigenvalue weighted by molar-refractivity contribution is 5.86. The molecule has 3 aromatic rings. The highest BCUT2D eigenvalue weighted by Crippen LogP contribution is 2.62. The van der Waals surface area contributed by atoms with Gasteiger partial charge in [-0.25, -0.2) is 4.52 Å². The van der Waals surface area contributed by atoms with Gasteiger partial charge in [0, 0.05) is 50.2 Å². The smallest absolute Gasteiger partial charge is 0.229 e. The predicted octanol–water partition coefficient (Wildman–Crippen LogP) is 5.43. The third-order valence-corrected chi connectivity index (χ3v) is 9.94. The number of likely N-dealkylation sites (tertiary alicyclic amines) is 1. The van der Waals surface area contributed by atoms with Crippen LogP contribution in [0.15, 0.2) is 48.8 Å². The Morgan fingerprint density at radius 3 is 2.24 bits per heavy atom. The molecule has 6 nitrogen and oxygen atoms in total. The molecule has 0 bridgehead atoms. The number of benzene rings is 1. The quantitative estimate of drug-likeness (QED) is 0.443. The van der Waals surface area contributed by atoms with Crippen LogP contribution in [0.25, 0.3) is 16.6 Å². The Balaban J connectivity index is 1.04. The molecule has 4 fully saturated rings. The van der Waals surface area contributed by atoms with E-state index in [-0.39, 0.29) is 5.41 Å². The van der Waals surface area contributed by atoms with Gasteiger partial charge in [0.15, 0.2) is 0 Å². The van der Waals surface area contributed by atoms with E-state index in [9.17, 15) is 4.79 Å². The van der Waals surface area contributed by atoms with E-state index < -0.39 is 0 Å². The van der Waals surface area contributed by atoms with Crippen LogP contribution in [-0.4, -0.2) is 70.6 Å². The highest BCUT2D eigenvalue weighted by atomic mass is 16.2. The van der Waals surface area contributed by atoms with E-state index in [2.05, 4.69) is 76.2 Å². The highest BCUT2D eigenvalue weighted by Gasteiger charge is 2.60. The van der Waals surface area contributed by atoms with E-state index in [1.165, 1.54) is 61.2 Å². The molecule has 2 aliphatic heterocycles. The minimum atomic E-state index is 0.0313. The largest absolute Gasteiger partial charge is 0.366 e. The Bertz CT molecular complexity index is 1300. The fraction of sp³-hybridized carbons (Fsp3) is 0.562. The van der Waals surface area contributed by atoms with Crippen LogP contribution < -0.4 is 4.90 Å². The summed E-state index contributed by atoms with van der Waals surface area (Å²) in [6.45, 7) is 10.4. The average molecular weight is 512 g/mol. The molecule has 0 unspecified atom stereocenters. The molecular formula is C32H41N5O. The molecule has 6 heteroatoms. The summed E-state index contributed by atoms with van der Waals surface area (Å²) in [5.74, 6) is 1.79. The van der Waals surface area contributed by atoms with Crippen LogP contribution in [0.2, 0.25) is 0 Å². The Labute approximate surface area is 226 Å². The average Bonchev–Trinajstić information content (AvgIpc) is 3.89. The summed E-state index contributed by atoms with van der Waals surface area (Å²) in [6.07, 6.45) is 11.3. The number of nitrogens with zero attached hydrogens (tertiary/aromatic N) is 5. The van der Waals surface area contributed by atoms with E-state index >= 15 is 0 Å². The summed E-state index contributed by atoms with van der Waals surface area (Å²) in [7, 11) is 0. The zero-order valence-electron chi connectivity index (χ0n) is 23.0. The summed E-state index contributed by atoms with van der Waals surface area (Å²) in [5, 5.41) is 4.63. The molecule has 2 aromatic heterocycles. The lowest BCUT2D eigenvalue weighted by Gasteiger charge is -2.38. The van der Waals surface area contributed by atoms with Crippen LogP contribution in [0.4, 0.5) is 5.69 Å². The Hall–Kier alpha value is -2.86. The number of hydrogen-bond acceptors (Lipinski definition) is 4. The van der Waals surface area contributed by atoms with Crippen LogP contribution in [0.1, 0.15) is 63.9 Å². The lowest BCUT2D eigenvalue weighted by atomic mass is 9.88. The van der Waals surface area contributed by atoms with Crippen molar-refractivity contribution in [2.45, 2.75) is 64.3 Å². The van der Waals surface area contributed by atoms with E-state index in [1.54, 1.807) is 0 Å². The third kappa shape index (κ3) is 4.31. The van der Waals surface area contributed by atoms with Crippen molar-refractivity contribution in [2.75, 3.05) is 44.2 Å². The molecule has 2 saturated carbocycles. The molecule has 0 spiro atoms. The molecule has 4 heterocycles. The molecule has 1 amide bonds. The van der Waals surface area contributed by atoms with Crippen LogP contribution in [0.3, 0.4) is 0 Å². The van der Waals surface area contributed by atoms with Crippen LogP contribution in [0.5, 0.6) is 0 Å². The van der Waals surface area contributed by atoms with Gasteiger partial charge in [0.2, 0.25) is 5.91 Å². The third-order valence-electron chi connectivity index (χ3n) is 9.94. The number of anilines is 1.